The summed E-state index contributed by atoms with van der Waals surface area (Å²) in [5, 5.41) is 0.748. The fraction of sp³-hybridized carbons (Fsp3) is 0.483. The van der Waals surface area contributed by atoms with Crippen LogP contribution < -0.4 is 4.74 Å². The lowest BCUT2D eigenvalue weighted by molar-refractivity contribution is -0.145. The third-order valence-electron chi connectivity index (χ3n) is 7.21. The SMILES string of the molecule is CCC1(COc2ccc(Cc3cc([C@@H]4CC=C[C@H](COC(C)=O)O4)ccc3Cl)cc2)CCCC1. The summed E-state index contributed by atoms with van der Waals surface area (Å²) >= 11 is 6.55. The second-order valence-corrected chi connectivity index (χ2v) is 10.1. The van der Waals surface area contributed by atoms with Gasteiger partial charge < -0.3 is 14.2 Å². The highest BCUT2D eigenvalue weighted by atomic mass is 35.5. The Labute approximate surface area is 208 Å². The first-order chi connectivity index (χ1) is 16.5. The van der Waals surface area contributed by atoms with Crippen LogP contribution in [-0.4, -0.2) is 25.3 Å². The maximum Gasteiger partial charge on any atom is 0.302 e. The molecule has 0 bridgehead atoms. The summed E-state index contributed by atoms with van der Waals surface area (Å²) in [6, 6.07) is 14.5. The Balaban J connectivity index is 1.38. The Morgan fingerprint density at radius 2 is 1.91 bits per heavy atom. The Morgan fingerprint density at radius 1 is 1.15 bits per heavy atom. The summed E-state index contributed by atoms with van der Waals surface area (Å²) in [6.07, 6.45) is 11.6. The van der Waals surface area contributed by atoms with E-state index in [2.05, 4.69) is 43.3 Å². The van der Waals surface area contributed by atoms with Gasteiger partial charge in [-0.3, -0.25) is 4.79 Å². The molecule has 2 aliphatic rings. The van der Waals surface area contributed by atoms with Gasteiger partial charge >= 0.3 is 5.97 Å². The number of carbonyl (C=O) groups is 1. The maximum atomic E-state index is 11.1. The summed E-state index contributed by atoms with van der Waals surface area (Å²) in [5.74, 6) is 0.636. The monoisotopic (exact) mass is 482 g/mol. The standard InChI is InChI=1S/C29H35ClO4/c1-3-29(15-4-5-16-29)20-33-25-12-9-22(10-13-25)17-24-18-23(11-14-27(24)30)28-8-6-7-26(34-28)19-32-21(2)31/h6-7,9-14,18,26,28H,3-5,8,15-17,19-20H2,1-2H3/t26-,28+/m1/s1. The molecule has 34 heavy (non-hydrogen) atoms. The van der Waals surface area contributed by atoms with Crippen LogP contribution >= 0.6 is 11.6 Å². The van der Waals surface area contributed by atoms with Crippen molar-refractivity contribution in [2.24, 2.45) is 5.41 Å². The Kier molecular flexibility index (Phi) is 8.33. The molecule has 4 nitrogen and oxygen atoms in total. The number of esters is 1. The molecular weight excluding hydrogens is 448 g/mol. The van der Waals surface area contributed by atoms with E-state index < -0.39 is 0 Å². The minimum absolute atomic E-state index is 0.0844. The highest BCUT2D eigenvalue weighted by molar-refractivity contribution is 6.31. The van der Waals surface area contributed by atoms with Crippen LogP contribution in [0.1, 0.15) is 75.2 Å². The predicted molar refractivity (Wildman–Crippen MR) is 135 cm³/mol. The highest BCUT2D eigenvalue weighted by Gasteiger charge is 2.32. The van der Waals surface area contributed by atoms with Gasteiger partial charge in [-0.1, -0.05) is 67.8 Å². The van der Waals surface area contributed by atoms with Gasteiger partial charge in [0, 0.05) is 17.4 Å². The van der Waals surface area contributed by atoms with Crippen LogP contribution in [0.4, 0.5) is 0 Å². The lowest BCUT2D eigenvalue weighted by Crippen LogP contribution is -2.24. The van der Waals surface area contributed by atoms with Crippen LogP contribution in [-0.2, 0) is 20.7 Å². The molecule has 0 amide bonds. The summed E-state index contributed by atoms with van der Waals surface area (Å²) < 4.78 is 17.4. The molecule has 0 spiro atoms. The first-order valence-corrected chi connectivity index (χ1v) is 12.8. The minimum atomic E-state index is -0.298. The van der Waals surface area contributed by atoms with E-state index in [0.29, 0.717) is 5.41 Å². The highest BCUT2D eigenvalue weighted by Crippen LogP contribution is 2.41. The fourth-order valence-electron chi connectivity index (χ4n) is 4.99. The molecule has 1 aliphatic carbocycles. The van der Waals surface area contributed by atoms with Gasteiger partial charge in [0.1, 0.15) is 18.5 Å². The predicted octanol–water partition coefficient (Wildman–Crippen LogP) is 7.23. The van der Waals surface area contributed by atoms with E-state index in [1.54, 1.807) is 0 Å². The van der Waals surface area contributed by atoms with Crippen molar-refractivity contribution >= 4 is 17.6 Å². The van der Waals surface area contributed by atoms with Gasteiger partial charge in [0.05, 0.1) is 12.7 Å². The number of hydrogen-bond donors (Lipinski definition) is 0. The minimum Gasteiger partial charge on any atom is -0.493 e. The van der Waals surface area contributed by atoms with Crippen molar-refractivity contribution in [3.63, 3.8) is 0 Å². The van der Waals surface area contributed by atoms with Gasteiger partial charge in [0.2, 0.25) is 0 Å². The molecule has 0 N–H and O–H groups in total. The summed E-state index contributed by atoms with van der Waals surface area (Å²) in [6.45, 7) is 4.73. The van der Waals surface area contributed by atoms with E-state index in [1.165, 1.54) is 44.6 Å². The number of carbonyl (C=O) groups excluding carboxylic acids is 1. The molecule has 182 valence electrons. The van der Waals surface area contributed by atoms with Crippen molar-refractivity contribution in [3.8, 4) is 5.75 Å². The third kappa shape index (κ3) is 6.43. The first kappa shape index (κ1) is 24.8. The maximum absolute atomic E-state index is 11.1. The zero-order valence-electron chi connectivity index (χ0n) is 20.2. The molecule has 0 radical (unpaired) electrons. The first-order valence-electron chi connectivity index (χ1n) is 12.4. The van der Waals surface area contributed by atoms with Gasteiger partial charge in [-0.2, -0.15) is 0 Å². The van der Waals surface area contributed by atoms with Crippen LogP contribution in [0.5, 0.6) is 5.75 Å². The van der Waals surface area contributed by atoms with Gasteiger partial charge in [0.15, 0.2) is 0 Å². The van der Waals surface area contributed by atoms with Gasteiger partial charge in [-0.25, -0.2) is 0 Å². The van der Waals surface area contributed by atoms with Crippen LogP contribution in [0.15, 0.2) is 54.6 Å². The number of rotatable bonds is 9. The van der Waals surface area contributed by atoms with E-state index in [0.717, 1.165) is 41.3 Å². The van der Waals surface area contributed by atoms with Crippen molar-refractivity contribution in [1.82, 2.24) is 0 Å². The zero-order chi connectivity index (χ0) is 24.0. The number of benzene rings is 2. The molecule has 0 unspecified atom stereocenters. The Bertz CT molecular complexity index is 992. The van der Waals surface area contributed by atoms with Crippen molar-refractivity contribution in [2.75, 3.05) is 13.2 Å². The van der Waals surface area contributed by atoms with E-state index in [1.807, 2.05) is 18.2 Å². The van der Waals surface area contributed by atoms with Gasteiger partial charge in [-0.15, -0.1) is 0 Å². The van der Waals surface area contributed by atoms with E-state index >= 15 is 0 Å². The van der Waals surface area contributed by atoms with Crippen LogP contribution in [0.2, 0.25) is 5.02 Å². The smallest absolute Gasteiger partial charge is 0.302 e. The molecule has 4 rings (SSSR count). The molecule has 0 saturated heterocycles. The molecule has 1 saturated carbocycles. The molecule has 5 heteroatoms. The van der Waals surface area contributed by atoms with E-state index in [9.17, 15) is 4.79 Å². The Morgan fingerprint density at radius 3 is 2.62 bits per heavy atom. The second-order valence-electron chi connectivity index (χ2n) is 9.65. The van der Waals surface area contributed by atoms with Crippen molar-refractivity contribution in [3.05, 3.63) is 76.3 Å². The fourth-order valence-corrected chi connectivity index (χ4v) is 5.17. The molecule has 2 aromatic carbocycles. The van der Waals surface area contributed by atoms with Crippen LogP contribution in [0.25, 0.3) is 0 Å². The molecule has 1 heterocycles. The van der Waals surface area contributed by atoms with Gasteiger partial charge in [0.25, 0.3) is 0 Å². The summed E-state index contributed by atoms with van der Waals surface area (Å²) in [4.78, 5) is 11.1. The summed E-state index contributed by atoms with van der Waals surface area (Å²) in [7, 11) is 0. The van der Waals surface area contributed by atoms with Gasteiger partial charge in [-0.05, 0) is 67.0 Å². The normalized spacial score (nSPS) is 21.4. The number of ether oxygens (including phenoxy) is 3. The molecule has 0 aromatic heterocycles. The number of halogens is 1. The lowest BCUT2D eigenvalue weighted by atomic mass is 9.84. The molecule has 1 fully saturated rings. The average Bonchev–Trinajstić information content (AvgIpc) is 3.33. The largest absolute Gasteiger partial charge is 0.493 e. The topological polar surface area (TPSA) is 44.8 Å². The second kappa shape index (κ2) is 11.4. The number of hydrogen-bond acceptors (Lipinski definition) is 4. The van der Waals surface area contributed by atoms with E-state index in [4.69, 9.17) is 25.8 Å². The quantitative estimate of drug-likeness (QED) is 0.279. The molecule has 2 atom stereocenters. The summed E-state index contributed by atoms with van der Waals surface area (Å²) in [5.41, 5.74) is 3.70. The Hall–Kier alpha value is -2.30. The molecule has 1 aliphatic heterocycles. The van der Waals surface area contributed by atoms with Crippen LogP contribution in [0, 0.1) is 5.41 Å². The van der Waals surface area contributed by atoms with E-state index in [-0.39, 0.29) is 24.8 Å². The van der Waals surface area contributed by atoms with Crippen LogP contribution in [0.3, 0.4) is 0 Å². The average molecular weight is 483 g/mol. The van der Waals surface area contributed by atoms with Crippen molar-refractivity contribution in [1.29, 1.82) is 0 Å². The third-order valence-corrected chi connectivity index (χ3v) is 7.58. The van der Waals surface area contributed by atoms with Crippen molar-refractivity contribution in [2.45, 2.75) is 71.0 Å². The zero-order valence-corrected chi connectivity index (χ0v) is 21.0. The molecular formula is C29H35ClO4. The van der Waals surface area contributed by atoms with Crippen molar-refractivity contribution < 1.29 is 19.0 Å². The molecule has 2 aromatic rings. The lowest BCUT2D eigenvalue weighted by Gasteiger charge is -2.27.